The second kappa shape index (κ2) is 15.4. The van der Waals surface area contributed by atoms with E-state index in [0.29, 0.717) is 48.8 Å². The summed E-state index contributed by atoms with van der Waals surface area (Å²) in [7, 11) is 3.12. The minimum absolute atomic E-state index is 0.0424. The lowest BCUT2D eigenvalue weighted by Crippen LogP contribution is -2.69. The minimum atomic E-state index is -1.71. The van der Waals surface area contributed by atoms with E-state index in [4.69, 9.17) is 18.9 Å². The molecule has 7 rings (SSSR count). The molecule has 9 unspecified atom stereocenters. The number of hydrogen-bond donors (Lipinski definition) is 6. The Kier molecular flexibility index (Phi) is 11.4. The van der Waals surface area contributed by atoms with E-state index < -0.39 is 54.3 Å². The quantitative estimate of drug-likeness (QED) is 0.161. The molecule has 53 heavy (non-hydrogen) atoms. The normalized spacial score (nSPS) is 35.8. The van der Waals surface area contributed by atoms with Crippen molar-refractivity contribution in [1.82, 2.24) is 0 Å². The molecule has 9 atom stereocenters. The number of Topliss-reactive ketones (excluding diaryl/α,β-unsaturated/α-hetero) is 1. The van der Waals surface area contributed by atoms with E-state index in [1.165, 1.54) is 55.5 Å². The van der Waals surface area contributed by atoms with Crippen LogP contribution in [0.3, 0.4) is 0 Å². The second-order valence-electron chi connectivity index (χ2n) is 16.2. The third-order valence-electron chi connectivity index (χ3n) is 13.1. The van der Waals surface area contributed by atoms with Gasteiger partial charge in [0.15, 0.2) is 5.78 Å². The molecule has 3 aliphatic heterocycles. The number of phenols is 1. The number of ether oxygens (including phenoxy) is 4. The Morgan fingerprint density at radius 1 is 1.04 bits per heavy atom. The Hall–Kier alpha value is -2.14. The highest BCUT2D eigenvalue weighted by Gasteiger charge is 2.60. The van der Waals surface area contributed by atoms with Crippen molar-refractivity contribution >= 4 is 44.1 Å². The van der Waals surface area contributed by atoms with Crippen molar-refractivity contribution in [2.24, 2.45) is 28.6 Å². The molecule has 5 fully saturated rings. The maximum Gasteiger partial charge on any atom is 0.335 e. The molecule has 292 valence electrons. The van der Waals surface area contributed by atoms with Crippen LogP contribution in [0.2, 0.25) is 0 Å². The lowest BCUT2D eigenvalue weighted by atomic mass is 9.51. The zero-order valence-corrected chi connectivity index (χ0v) is 32.0. The number of aryl methyl sites for hydroxylation is 1. The highest BCUT2D eigenvalue weighted by atomic mass is 33.1. The first-order valence-electron chi connectivity index (χ1n) is 18.8. The monoisotopic (exact) mass is 776 g/mol. The number of carboxylic acids is 1. The van der Waals surface area contributed by atoms with Crippen LogP contribution in [0.1, 0.15) is 91.0 Å². The molecular weight excluding hydrogens is 725 g/mol. The number of ketones is 1. The van der Waals surface area contributed by atoms with Gasteiger partial charge in [-0.25, -0.2) is 4.79 Å². The van der Waals surface area contributed by atoms with Gasteiger partial charge in [-0.05, 0) is 105 Å². The average molecular weight is 777 g/mol. The molecular formula is C39H52O12S2. The van der Waals surface area contributed by atoms with Gasteiger partial charge in [-0.2, -0.15) is 0 Å². The fraction of sp³-hybridized carbons (Fsp3) is 0.692. The molecule has 2 aliphatic carbocycles. The van der Waals surface area contributed by atoms with E-state index in [-0.39, 0.29) is 58.0 Å². The van der Waals surface area contributed by atoms with Gasteiger partial charge >= 0.3 is 5.97 Å². The highest BCUT2D eigenvalue weighted by molar-refractivity contribution is 8.76. The van der Waals surface area contributed by atoms with Gasteiger partial charge in [-0.15, -0.1) is 0 Å². The molecule has 0 amide bonds. The van der Waals surface area contributed by atoms with E-state index in [1.807, 2.05) is 0 Å². The fourth-order valence-electron chi connectivity index (χ4n) is 11.0. The van der Waals surface area contributed by atoms with E-state index >= 15 is 0 Å². The number of aromatic hydroxyl groups is 1. The number of fused-ring (bicyclic) bond motifs is 1. The van der Waals surface area contributed by atoms with Gasteiger partial charge in [-0.3, -0.25) is 4.79 Å². The summed E-state index contributed by atoms with van der Waals surface area (Å²) in [4.78, 5) is 24.6. The Bertz CT molecular complexity index is 1690. The molecule has 0 bridgehead atoms. The van der Waals surface area contributed by atoms with Crippen molar-refractivity contribution in [3.63, 3.8) is 0 Å². The molecule has 0 radical (unpaired) electrons. The predicted octanol–water partition coefficient (Wildman–Crippen LogP) is 5.06. The first-order chi connectivity index (χ1) is 25.4. The highest BCUT2D eigenvalue weighted by Crippen LogP contribution is 2.62. The molecule has 2 aromatic carbocycles. The topological polar surface area (TPSA) is 192 Å². The van der Waals surface area contributed by atoms with Crippen LogP contribution in [0.5, 0.6) is 11.5 Å². The van der Waals surface area contributed by atoms with Gasteiger partial charge in [0.1, 0.15) is 41.4 Å². The van der Waals surface area contributed by atoms with E-state index in [9.17, 15) is 40.2 Å². The van der Waals surface area contributed by atoms with Crippen LogP contribution in [-0.4, -0.2) is 111 Å². The summed E-state index contributed by atoms with van der Waals surface area (Å²) in [5.41, 5.74) is -1.18. The van der Waals surface area contributed by atoms with Gasteiger partial charge in [0.25, 0.3) is 0 Å². The number of hydrogen-bond acceptors (Lipinski definition) is 13. The number of carbonyl (C=O) groups excluding carboxylic acids is 1. The first-order valence-corrected chi connectivity index (χ1v) is 21.3. The maximum atomic E-state index is 12.5. The van der Waals surface area contributed by atoms with Crippen molar-refractivity contribution in [2.45, 2.75) is 102 Å². The number of benzene rings is 2. The van der Waals surface area contributed by atoms with E-state index in [1.54, 1.807) is 23.8 Å². The molecule has 3 heterocycles. The SMILES string of the molecule is CC(=O)c1c(C)cc2cc(C(=O)O)cc(OC3OC(CO)C4(CCC5CC6(CCCC6)CC6COCC(CCO)(CSSCO4)C56)C(O)C3O)c2c1O. The number of aliphatic hydroxyl groups is 4. The van der Waals surface area contributed by atoms with Gasteiger partial charge < -0.3 is 49.6 Å². The van der Waals surface area contributed by atoms with Gasteiger partial charge in [-0.1, -0.05) is 40.5 Å². The summed E-state index contributed by atoms with van der Waals surface area (Å²) in [5.74, 6) is -0.465. The van der Waals surface area contributed by atoms with Crippen LogP contribution in [-0.2, 0) is 14.2 Å². The molecule has 6 N–H and O–H groups in total. The third-order valence-corrected chi connectivity index (χ3v) is 15.4. The van der Waals surface area contributed by atoms with E-state index in [0.717, 1.165) is 18.6 Å². The summed E-state index contributed by atoms with van der Waals surface area (Å²) in [6, 6.07) is 4.10. The van der Waals surface area contributed by atoms with Crippen molar-refractivity contribution < 1.29 is 59.2 Å². The van der Waals surface area contributed by atoms with Crippen LogP contribution >= 0.6 is 21.6 Å². The molecule has 2 aromatic rings. The van der Waals surface area contributed by atoms with Crippen LogP contribution in [0.15, 0.2) is 18.2 Å². The lowest BCUT2D eigenvalue weighted by molar-refractivity contribution is -0.323. The number of rotatable bonds is 7. The zero-order chi connectivity index (χ0) is 37.7. The van der Waals surface area contributed by atoms with Crippen molar-refractivity contribution in [3.05, 3.63) is 34.9 Å². The molecule has 2 saturated carbocycles. The molecule has 2 spiro atoms. The summed E-state index contributed by atoms with van der Waals surface area (Å²) in [6.07, 6.45) is 2.44. The third kappa shape index (κ3) is 6.99. The number of aliphatic hydroxyl groups excluding tert-OH is 4. The largest absolute Gasteiger partial charge is 0.506 e. The Labute approximate surface area is 317 Å². The van der Waals surface area contributed by atoms with Crippen LogP contribution in [0.25, 0.3) is 10.8 Å². The molecule has 0 aromatic heterocycles. The van der Waals surface area contributed by atoms with Crippen molar-refractivity contribution in [1.29, 1.82) is 0 Å². The standard InChI is InChI=1S/C39H52O12S2/c1-21-11-24-12-25(35(46)47)13-27(30(24)32(43)29(21)22(2)42)50-36-33(44)34(45)39(28(16-41)51-36)8-5-23-14-37(6-3-4-7-37)15-26-17-48-18-38(9-10-40,31(23)26)19-52-53-20-49-39/h11-13,23,26,28,31,33-34,36,40-41,43-45H,3-10,14-20H2,1-2H3,(H,46,47). The molecule has 12 nitrogen and oxygen atoms in total. The van der Waals surface area contributed by atoms with Gasteiger partial charge in [0, 0.05) is 24.4 Å². The Morgan fingerprint density at radius 3 is 2.49 bits per heavy atom. The Balaban J connectivity index is 1.23. The van der Waals surface area contributed by atoms with Gasteiger partial charge in [0.2, 0.25) is 6.29 Å². The average Bonchev–Trinajstić information content (AvgIpc) is 3.55. The minimum Gasteiger partial charge on any atom is -0.506 e. The number of carboxylic acid groups (broad SMARTS) is 1. The van der Waals surface area contributed by atoms with Crippen LogP contribution < -0.4 is 4.74 Å². The fourth-order valence-corrected chi connectivity index (χ4v) is 13.4. The van der Waals surface area contributed by atoms with E-state index in [2.05, 4.69) is 0 Å². The number of phenolic OH excluding ortho intramolecular Hbond substituents is 1. The van der Waals surface area contributed by atoms with Crippen molar-refractivity contribution in [2.75, 3.05) is 38.1 Å². The van der Waals surface area contributed by atoms with Crippen LogP contribution in [0, 0.1) is 35.5 Å². The van der Waals surface area contributed by atoms with Crippen LogP contribution in [0.4, 0.5) is 0 Å². The smallest absolute Gasteiger partial charge is 0.335 e. The summed E-state index contributed by atoms with van der Waals surface area (Å²) >= 11 is 0. The second-order valence-corrected chi connectivity index (χ2v) is 18.6. The first kappa shape index (κ1) is 39.1. The molecule has 3 saturated heterocycles. The maximum absolute atomic E-state index is 12.5. The molecule has 14 heteroatoms. The number of carbonyl (C=O) groups is 2. The Morgan fingerprint density at radius 2 is 1.79 bits per heavy atom. The summed E-state index contributed by atoms with van der Waals surface area (Å²) < 4.78 is 25.3. The predicted molar refractivity (Wildman–Crippen MR) is 199 cm³/mol. The molecule has 5 aliphatic rings. The van der Waals surface area contributed by atoms with Gasteiger partial charge in [0.05, 0.1) is 29.7 Å². The number of aromatic carboxylic acids is 1. The lowest BCUT2D eigenvalue weighted by Gasteiger charge is -2.58. The summed E-state index contributed by atoms with van der Waals surface area (Å²) in [5, 5.41) is 66.6. The summed E-state index contributed by atoms with van der Waals surface area (Å²) in [6.45, 7) is 3.72. The zero-order valence-electron chi connectivity index (χ0n) is 30.3. The van der Waals surface area contributed by atoms with Crippen molar-refractivity contribution in [3.8, 4) is 11.5 Å².